The highest BCUT2D eigenvalue weighted by molar-refractivity contribution is 7.91. The van der Waals surface area contributed by atoms with Gasteiger partial charge in [0.25, 0.3) is 0 Å². The fraction of sp³-hybridized carbons (Fsp3) is 0.192. The minimum atomic E-state index is -3.99. The Labute approximate surface area is 218 Å². The van der Waals surface area contributed by atoms with Gasteiger partial charge in [0, 0.05) is 25.0 Å². The van der Waals surface area contributed by atoms with Crippen LogP contribution in [0.1, 0.15) is 12.0 Å². The zero-order valence-electron chi connectivity index (χ0n) is 20.1. The number of anilines is 2. The third kappa shape index (κ3) is 6.03. The summed E-state index contributed by atoms with van der Waals surface area (Å²) in [7, 11) is -3.99. The van der Waals surface area contributed by atoms with E-state index in [9.17, 15) is 17.2 Å². The molecule has 1 aliphatic rings. The number of ether oxygens (including phenoxy) is 1. The van der Waals surface area contributed by atoms with Gasteiger partial charge in [-0.05, 0) is 48.9 Å². The number of nitrogens with one attached hydrogen (secondary N) is 3. The summed E-state index contributed by atoms with van der Waals surface area (Å²) >= 11 is 0. The number of rotatable bonds is 9. The summed E-state index contributed by atoms with van der Waals surface area (Å²) in [6, 6.07) is 15.8. The summed E-state index contributed by atoms with van der Waals surface area (Å²) in [5.74, 6) is -3.18. The van der Waals surface area contributed by atoms with Crippen molar-refractivity contribution in [1.29, 1.82) is 0 Å². The number of sulfonamides is 1. The predicted molar refractivity (Wildman–Crippen MR) is 139 cm³/mol. The normalized spacial score (nSPS) is 15.3. The van der Waals surface area contributed by atoms with E-state index in [0.717, 1.165) is 31.6 Å². The predicted octanol–water partition coefficient (Wildman–Crippen LogP) is 4.32. The monoisotopic (exact) mass is 538 g/mol. The van der Waals surface area contributed by atoms with Gasteiger partial charge in [-0.15, -0.1) is 0 Å². The minimum Gasteiger partial charge on any atom is -0.435 e. The highest BCUT2D eigenvalue weighted by Gasteiger charge is 2.22. The lowest BCUT2D eigenvalue weighted by Crippen LogP contribution is -2.23. The number of hydrogen-bond acceptors (Lipinski definition) is 8. The van der Waals surface area contributed by atoms with Crippen LogP contribution in [0.25, 0.3) is 11.3 Å². The zero-order chi connectivity index (χ0) is 26.5. The van der Waals surface area contributed by atoms with Gasteiger partial charge in [0.05, 0.1) is 22.7 Å². The van der Waals surface area contributed by atoms with E-state index in [1.165, 1.54) is 6.20 Å². The Kier molecular flexibility index (Phi) is 7.43. The maximum absolute atomic E-state index is 15.0. The van der Waals surface area contributed by atoms with Gasteiger partial charge in [0.15, 0.2) is 11.6 Å². The Bertz CT molecular complexity index is 1530. The first-order valence-corrected chi connectivity index (χ1v) is 13.5. The number of hydrogen-bond donors (Lipinski definition) is 3. The van der Waals surface area contributed by atoms with E-state index in [2.05, 4.69) is 30.3 Å². The molecule has 12 heteroatoms. The SMILES string of the molecule is O=S(=O)(Cc1ccccc1)Nc1ccc(Oc2ncccc2-c2ccnc(NC3CCNC3)n2)c(F)c1F. The molecule has 1 aliphatic heterocycles. The molecule has 0 saturated carbocycles. The number of pyridine rings is 1. The molecular weight excluding hydrogens is 514 g/mol. The zero-order valence-corrected chi connectivity index (χ0v) is 20.9. The highest BCUT2D eigenvalue weighted by atomic mass is 32.2. The molecule has 3 N–H and O–H groups in total. The molecule has 2 aromatic carbocycles. The summed E-state index contributed by atoms with van der Waals surface area (Å²) in [6.45, 7) is 1.71. The molecular formula is C26H24F2N6O3S. The molecule has 9 nitrogen and oxygen atoms in total. The standard InChI is InChI=1S/C26H24F2N6O3S/c27-23-21(34-38(35,36)16-17-5-2-1-3-6-17)8-9-22(24(23)28)37-25-19(7-4-12-30-25)20-11-14-31-26(33-20)32-18-10-13-29-15-18/h1-9,11-12,14,18,29,34H,10,13,15-16H2,(H,31,32,33). The molecule has 3 heterocycles. The van der Waals surface area contributed by atoms with Crippen molar-refractivity contribution in [3.8, 4) is 22.9 Å². The molecule has 1 unspecified atom stereocenters. The van der Waals surface area contributed by atoms with E-state index in [4.69, 9.17) is 4.74 Å². The van der Waals surface area contributed by atoms with Crippen LogP contribution in [0.5, 0.6) is 11.6 Å². The van der Waals surface area contributed by atoms with Crippen LogP contribution in [0.2, 0.25) is 0 Å². The molecule has 4 aromatic rings. The van der Waals surface area contributed by atoms with E-state index >= 15 is 0 Å². The quantitative estimate of drug-likeness (QED) is 0.288. The molecule has 38 heavy (non-hydrogen) atoms. The fourth-order valence-corrected chi connectivity index (χ4v) is 5.19. The van der Waals surface area contributed by atoms with Gasteiger partial charge in [-0.1, -0.05) is 30.3 Å². The van der Waals surface area contributed by atoms with Crippen molar-refractivity contribution in [1.82, 2.24) is 20.3 Å². The van der Waals surface area contributed by atoms with Crippen LogP contribution in [-0.4, -0.2) is 42.5 Å². The van der Waals surface area contributed by atoms with E-state index in [1.807, 2.05) is 0 Å². The lowest BCUT2D eigenvalue weighted by molar-refractivity contribution is 0.407. The molecule has 1 fully saturated rings. The third-order valence-electron chi connectivity index (χ3n) is 5.81. The lowest BCUT2D eigenvalue weighted by atomic mass is 10.2. The summed E-state index contributed by atoms with van der Waals surface area (Å²) in [6.07, 6.45) is 3.97. The van der Waals surface area contributed by atoms with Gasteiger partial charge >= 0.3 is 0 Å². The van der Waals surface area contributed by atoms with Gasteiger partial charge in [-0.2, -0.15) is 4.39 Å². The Morgan fingerprint density at radius 1 is 0.974 bits per heavy atom. The minimum absolute atomic E-state index is 0.00427. The number of aromatic nitrogens is 3. The van der Waals surface area contributed by atoms with Gasteiger partial charge in [-0.25, -0.2) is 27.8 Å². The third-order valence-corrected chi connectivity index (χ3v) is 7.06. The van der Waals surface area contributed by atoms with E-state index in [0.29, 0.717) is 22.8 Å². The highest BCUT2D eigenvalue weighted by Crippen LogP contribution is 2.34. The second-order valence-corrected chi connectivity index (χ2v) is 10.4. The van der Waals surface area contributed by atoms with E-state index in [-0.39, 0.29) is 11.9 Å². The molecule has 0 aliphatic carbocycles. The Balaban J connectivity index is 1.36. The summed E-state index contributed by atoms with van der Waals surface area (Å²) in [4.78, 5) is 12.9. The first-order chi connectivity index (χ1) is 18.4. The maximum atomic E-state index is 15.0. The molecule has 0 bridgehead atoms. The van der Waals surface area contributed by atoms with E-state index in [1.54, 1.807) is 54.7 Å². The smallest absolute Gasteiger partial charge is 0.237 e. The second kappa shape index (κ2) is 11.1. The summed E-state index contributed by atoms with van der Waals surface area (Å²) in [5, 5.41) is 6.53. The van der Waals surface area contributed by atoms with Crippen molar-refractivity contribution >= 4 is 21.7 Å². The molecule has 2 aromatic heterocycles. The van der Waals surface area contributed by atoms with Gasteiger partial charge in [0.2, 0.25) is 27.7 Å². The van der Waals surface area contributed by atoms with Crippen molar-refractivity contribution in [2.45, 2.75) is 18.2 Å². The van der Waals surface area contributed by atoms with Crippen LogP contribution in [-0.2, 0) is 15.8 Å². The van der Waals surface area contributed by atoms with Crippen molar-refractivity contribution in [2.75, 3.05) is 23.1 Å². The van der Waals surface area contributed by atoms with E-state index < -0.39 is 38.8 Å². The Morgan fingerprint density at radius 2 is 1.82 bits per heavy atom. The molecule has 196 valence electrons. The Morgan fingerprint density at radius 3 is 2.61 bits per heavy atom. The molecule has 1 saturated heterocycles. The van der Waals surface area contributed by atoms with Crippen molar-refractivity contribution in [3.05, 3.63) is 90.3 Å². The van der Waals surface area contributed by atoms with Crippen LogP contribution in [0.3, 0.4) is 0 Å². The van der Waals surface area contributed by atoms with Gasteiger partial charge in [0.1, 0.15) is 0 Å². The number of halogens is 2. The van der Waals surface area contributed by atoms with Crippen molar-refractivity contribution < 1.29 is 21.9 Å². The van der Waals surface area contributed by atoms with Crippen LogP contribution < -0.4 is 20.1 Å². The van der Waals surface area contributed by atoms with Gasteiger partial charge in [-0.3, -0.25) is 4.72 Å². The van der Waals surface area contributed by atoms with Crippen molar-refractivity contribution in [3.63, 3.8) is 0 Å². The van der Waals surface area contributed by atoms with Crippen molar-refractivity contribution in [2.24, 2.45) is 0 Å². The molecule has 5 rings (SSSR count). The van der Waals surface area contributed by atoms with Gasteiger partial charge < -0.3 is 15.4 Å². The number of benzene rings is 2. The van der Waals surface area contributed by atoms with Crippen LogP contribution >= 0.6 is 0 Å². The average Bonchev–Trinajstić information content (AvgIpc) is 3.42. The first-order valence-electron chi connectivity index (χ1n) is 11.8. The van der Waals surface area contributed by atoms with Crippen LogP contribution in [0.15, 0.2) is 73.1 Å². The molecule has 0 radical (unpaired) electrons. The first kappa shape index (κ1) is 25.5. The largest absolute Gasteiger partial charge is 0.435 e. The maximum Gasteiger partial charge on any atom is 0.237 e. The molecule has 1 atom stereocenters. The topological polar surface area (TPSA) is 118 Å². The molecule has 0 spiro atoms. The average molecular weight is 539 g/mol. The molecule has 0 amide bonds. The lowest BCUT2D eigenvalue weighted by Gasteiger charge is -2.14. The summed E-state index contributed by atoms with van der Waals surface area (Å²) in [5.41, 5.74) is 0.893. The van der Waals surface area contributed by atoms with Crippen LogP contribution in [0.4, 0.5) is 20.4 Å². The number of nitrogens with zero attached hydrogens (tertiary/aromatic N) is 3. The Hall–Kier alpha value is -4.16. The second-order valence-electron chi connectivity index (χ2n) is 8.64. The fourth-order valence-electron chi connectivity index (χ4n) is 4.00. The summed E-state index contributed by atoms with van der Waals surface area (Å²) < 4.78 is 62.5. The van der Waals surface area contributed by atoms with Crippen LogP contribution in [0, 0.1) is 11.6 Å².